The van der Waals surface area contributed by atoms with E-state index in [1.807, 2.05) is 0 Å². The predicted molar refractivity (Wildman–Crippen MR) is 58.5 cm³/mol. The van der Waals surface area contributed by atoms with Crippen LogP contribution >= 0.6 is 11.6 Å². The lowest BCUT2D eigenvalue weighted by atomic mass is 10.0. The summed E-state index contributed by atoms with van der Waals surface area (Å²) >= 11 is 4.87. The number of hydrogen-bond acceptors (Lipinski definition) is 3. The van der Waals surface area contributed by atoms with E-state index in [0.717, 1.165) is 12.1 Å². The van der Waals surface area contributed by atoms with Crippen LogP contribution in [0.25, 0.3) is 0 Å². The van der Waals surface area contributed by atoms with Crippen molar-refractivity contribution < 1.29 is 23.4 Å². The van der Waals surface area contributed by atoms with Crippen molar-refractivity contribution in [2.24, 2.45) is 0 Å². The largest absolute Gasteiger partial charge is 0.507 e. The second-order valence-corrected chi connectivity index (χ2v) is 3.83. The van der Waals surface area contributed by atoms with Crippen molar-refractivity contribution in [1.82, 2.24) is 0 Å². The van der Waals surface area contributed by atoms with Crippen LogP contribution in [0.3, 0.4) is 0 Å². The minimum absolute atomic E-state index is 0.130. The number of rotatable bonds is 3. The molecular formula is C11H11ClF2O3. The minimum Gasteiger partial charge on any atom is -0.507 e. The van der Waals surface area contributed by atoms with Crippen LogP contribution in [0.4, 0.5) is 8.78 Å². The monoisotopic (exact) mass is 264 g/mol. The fourth-order valence-electron chi connectivity index (χ4n) is 1.38. The average molecular weight is 265 g/mol. The van der Waals surface area contributed by atoms with Crippen LogP contribution in [0.2, 0.25) is 0 Å². The van der Waals surface area contributed by atoms with Crippen LogP contribution < -0.4 is 0 Å². The van der Waals surface area contributed by atoms with Crippen LogP contribution in [0, 0.1) is 6.92 Å². The quantitative estimate of drug-likeness (QED) is 0.674. The molecule has 17 heavy (non-hydrogen) atoms. The fraction of sp³-hybridized carbons (Fsp3) is 0.364. The number of phenolic OH excluding ortho intramolecular Hbond substituents is 1. The summed E-state index contributed by atoms with van der Waals surface area (Å²) in [5.41, 5.74) is -0.839. The number of carbonyl (C=O) groups excluding carboxylic acids is 1. The predicted octanol–water partition coefficient (Wildman–Crippen LogP) is 3.17. The third kappa shape index (κ3) is 2.85. The van der Waals surface area contributed by atoms with E-state index in [-0.39, 0.29) is 17.7 Å². The highest BCUT2D eigenvalue weighted by atomic mass is 35.5. The zero-order valence-corrected chi connectivity index (χ0v) is 10.0. The summed E-state index contributed by atoms with van der Waals surface area (Å²) in [5.74, 6) is -1.31. The van der Waals surface area contributed by atoms with Gasteiger partial charge in [0.1, 0.15) is 11.3 Å². The van der Waals surface area contributed by atoms with Gasteiger partial charge in [-0.2, -0.15) is 8.78 Å². The molecule has 0 unspecified atom stereocenters. The summed E-state index contributed by atoms with van der Waals surface area (Å²) in [6.45, 7) is 2.98. The second-order valence-electron chi connectivity index (χ2n) is 3.35. The molecule has 3 nitrogen and oxygen atoms in total. The third-order valence-corrected chi connectivity index (χ3v) is 2.44. The Balaban J connectivity index is 3.25. The molecule has 0 saturated heterocycles. The molecule has 6 heteroatoms. The Hall–Kier alpha value is -1.36. The van der Waals surface area contributed by atoms with Gasteiger partial charge in [0.15, 0.2) is 0 Å². The molecule has 94 valence electrons. The highest BCUT2D eigenvalue weighted by Gasteiger charge is 2.32. The molecule has 0 radical (unpaired) electrons. The number of ether oxygens (including phenoxy) is 1. The van der Waals surface area contributed by atoms with E-state index in [9.17, 15) is 18.7 Å². The molecule has 0 spiro atoms. The van der Waals surface area contributed by atoms with Crippen molar-refractivity contribution in [2.45, 2.75) is 19.2 Å². The number of aromatic hydroxyl groups is 1. The lowest BCUT2D eigenvalue weighted by molar-refractivity contribution is 0.0521. The molecule has 1 aromatic rings. The van der Waals surface area contributed by atoms with Gasteiger partial charge in [0, 0.05) is 11.1 Å². The number of hydrogen-bond donors (Lipinski definition) is 1. The maximum atomic E-state index is 12.9. The van der Waals surface area contributed by atoms with Crippen LogP contribution in [-0.4, -0.2) is 17.7 Å². The summed E-state index contributed by atoms with van der Waals surface area (Å²) in [5, 5.41) is 6.06. The van der Waals surface area contributed by atoms with E-state index < -0.39 is 22.7 Å². The van der Waals surface area contributed by atoms with Gasteiger partial charge in [-0.1, -0.05) is 6.07 Å². The Morgan fingerprint density at radius 2 is 2.12 bits per heavy atom. The van der Waals surface area contributed by atoms with E-state index in [0.29, 0.717) is 0 Å². The van der Waals surface area contributed by atoms with Gasteiger partial charge in [-0.15, -0.1) is 0 Å². The zero-order valence-electron chi connectivity index (χ0n) is 9.26. The van der Waals surface area contributed by atoms with E-state index in [2.05, 4.69) is 4.74 Å². The van der Waals surface area contributed by atoms with Gasteiger partial charge in [0.25, 0.3) is 0 Å². The molecule has 0 atom stereocenters. The van der Waals surface area contributed by atoms with Gasteiger partial charge in [-0.05, 0) is 31.5 Å². The van der Waals surface area contributed by atoms with Gasteiger partial charge < -0.3 is 9.84 Å². The lowest BCUT2D eigenvalue weighted by Gasteiger charge is -2.14. The first-order valence-electron chi connectivity index (χ1n) is 4.86. The zero-order chi connectivity index (χ0) is 13.2. The molecule has 1 aromatic carbocycles. The van der Waals surface area contributed by atoms with E-state index in [1.165, 1.54) is 6.92 Å². The van der Waals surface area contributed by atoms with Gasteiger partial charge in [-0.25, -0.2) is 4.79 Å². The Bertz CT molecular complexity index is 441. The van der Waals surface area contributed by atoms with Crippen molar-refractivity contribution in [3.8, 4) is 5.75 Å². The highest BCUT2D eigenvalue weighted by Crippen LogP contribution is 2.38. The highest BCUT2D eigenvalue weighted by molar-refractivity contribution is 6.22. The molecule has 0 aliphatic carbocycles. The second kappa shape index (κ2) is 4.87. The molecule has 0 heterocycles. The van der Waals surface area contributed by atoms with Crippen molar-refractivity contribution in [2.75, 3.05) is 6.61 Å². The topological polar surface area (TPSA) is 46.5 Å². The number of carbonyl (C=O) groups is 1. The van der Waals surface area contributed by atoms with Gasteiger partial charge in [-0.3, -0.25) is 0 Å². The molecule has 0 bridgehead atoms. The number of phenols is 1. The first kappa shape index (κ1) is 13.7. The molecule has 0 fully saturated rings. The molecule has 1 rings (SSSR count). The summed E-state index contributed by atoms with van der Waals surface area (Å²) in [6, 6.07) is 2.06. The van der Waals surface area contributed by atoms with Gasteiger partial charge in [0.2, 0.25) is 0 Å². The van der Waals surface area contributed by atoms with Crippen molar-refractivity contribution in [3.63, 3.8) is 0 Å². The maximum absolute atomic E-state index is 12.9. The summed E-state index contributed by atoms with van der Waals surface area (Å²) in [4.78, 5) is 11.4. The SMILES string of the molecule is CCOC(=O)c1ccc(C(F)(F)Cl)c(C)c1O. The van der Waals surface area contributed by atoms with E-state index >= 15 is 0 Å². The number of esters is 1. The smallest absolute Gasteiger partial charge is 0.348 e. The van der Waals surface area contributed by atoms with Crippen molar-refractivity contribution in [1.29, 1.82) is 0 Å². The third-order valence-electron chi connectivity index (χ3n) is 2.23. The Morgan fingerprint density at radius 1 is 1.53 bits per heavy atom. The Kier molecular flexibility index (Phi) is 3.93. The molecule has 1 N–H and O–H groups in total. The van der Waals surface area contributed by atoms with Crippen LogP contribution in [0.1, 0.15) is 28.4 Å². The molecule has 0 aromatic heterocycles. The first-order chi connectivity index (χ1) is 7.79. The van der Waals surface area contributed by atoms with Gasteiger partial charge >= 0.3 is 11.4 Å². The molecule has 0 aliphatic rings. The normalized spacial score (nSPS) is 11.4. The molecular weight excluding hydrogens is 254 g/mol. The van der Waals surface area contributed by atoms with Crippen LogP contribution in [-0.2, 0) is 10.1 Å². The summed E-state index contributed by atoms with van der Waals surface area (Å²) in [6.07, 6.45) is 0. The van der Waals surface area contributed by atoms with Crippen molar-refractivity contribution >= 4 is 17.6 Å². The number of benzene rings is 1. The van der Waals surface area contributed by atoms with E-state index in [4.69, 9.17) is 11.6 Å². The summed E-state index contributed by atoms with van der Waals surface area (Å²) in [7, 11) is 0. The average Bonchev–Trinajstić information content (AvgIpc) is 2.20. The lowest BCUT2D eigenvalue weighted by Crippen LogP contribution is -2.10. The standard InChI is InChI=1S/C11H11ClF2O3/c1-3-17-10(16)7-4-5-8(11(12,13)14)6(2)9(7)15/h4-5,15H,3H2,1-2H3. The van der Waals surface area contributed by atoms with E-state index in [1.54, 1.807) is 6.92 Å². The summed E-state index contributed by atoms with van der Waals surface area (Å²) < 4.78 is 30.5. The first-order valence-corrected chi connectivity index (χ1v) is 5.23. The van der Waals surface area contributed by atoms with Gasteiger partial charge in [0.05, 0.1) is 6.61 Å². The van der Waals surface area contributed by atoms with Crippen molar-refractivity contribution in [3.05, 3.63) is 28.8 Å². The molecule has 0 saturated carbocycles. The molecule has 0 amide bonds. The van der Waals surface area contributed by atoms with Crippen LogP contribution in [0.5, 0.6) is 5.75 Å². The number of alkyl halides is 3. The minimum atomic E-state index is -3.59. The van der Waals surface area contributed by atoms with Crippen LogP contribution in [0.15, 0.2) is 12.1 Å². The molecule has 0 aliphatic heterocycles. The Labute approximate surface area is 102 Å². The fourth-order valence-corrected chi connectivity index (χ4v) is 1.59. The number of halogens is 3. The maximum Gasteiger partial charge on any atom is 0.348 e. The Morgan fingerprint density at radius 3 is 2.59 bits per heavy atom.